The predicted octanol–water partition coefficient (Wildman–Crippen LogP) is 2.24. The first-order valence-electron chi connectivity index (χ1n) is 6.64. The fourth-order valence-electron chi connectivity index (χ4n) is 2.27. The summed E-state index contributed by atoms with van der Waals surface area (Å²) in [5, 5.41) is 7.58. The van der Waals surface area contributed by atoms with Crippen molar-refractivity contribution in [1.82, 2.24) is 14.6 Å². The molecule has 3 aromatic rings. The van der Waals surface area contributed by atoms with E-state index < -0.39 is 0 Å². The Hall–Kier alpha value is -2.76. The highest BCUT2D eigenvalue weighted by molar-refractivity contribution is 5.55. The molecule has 108 valence electrons. The van der Waals surface area contributed by atoms with Crippen molar-refractivity contribution in [2.45, 2.75) is 13.5 Å². The smallest absolute Gasteiger partial charge is 0.157 e. The Morgan fingerprint density at radius 3 is 2.90 bits per heavy atom. The fraction of sp³-hybridized carbons (Fsp3) is 0.200. The van der Waals surface area contributed by atoms with Crippen molar-refractivity contribution >= 4 is 17.2 Å². The maximum atomic E-state index is 5.92. The zero-order valence-corrected chi connectivity index (χ0v) is 12.0. The van der Waals surface area contributed by atoms with E-state index in [-0.39, 0.29) is 0 Å². The predicted molar refractivity (Wildman–Crippen MR) is 82.5 cm³/mol. The Morgan fingerprint density at radius 2 is 2.14 bits per heavy atom. The SMILES string of the molecule is COc1ccc(CNc2cc(C)cc3ncnn23)cc1N. The van der Waals surface area contributed by atoms with Crippen LogP contribution in [0.4, 0.5) is 11.5 Å². The van der Waals surface area contributed by atoms with Gasteiger partial charge < -0.3 is 15.8 Å². The average molecular weight is 283 g/mol. The number of nitrogens with one attached hydrogen (secondary N) is 1. The number of aromatic nitrogens is 3. The van der Waals surface area contributed by atoms with Crippen molar-refractivity contribution in [2.75, 3.05) is 18.2 Å². The zero-order valence-electron chi connectivity index (χ0n) is 12.0. The summed E-state index contributed by atoms with van der Waals surface area (Å²) in [5.41, 5.74) is 9.58. The van der Waals surface area contributed by atoms with Gasteiger partial charge in [0.25, 0.3) is 0 Å². The number of anilines is 2. The molecule has 0 unspecified atom stereocenters. The lowest BCUT2D eigenvalue weighted by Gasteiger charge is -2.11. The summed E-state index contributed by atoms with van der Waals surface area (Å²) in [7, 11) is 1.61. The highest BCUT2D eigenvalue weighted by Crippen LogP contribution is 2.22. The number of pyridine rings is 1. The Labute approximate surface area is 122 Å². The lowest BCUT2D eigenvalue weighted by Crippen LogP contribution is -2.06. The van der Waals surface area contributed by atoms with Crippen LogP contribution in [0.3, 0.4) is 0 Å². The molecule has 3 rings (SSSR count). The average Bonchev–Trinajstić information content (AvgIpc) is 2.93. The van der Waals surface area contributed by atoms with E-state index in [1.807, 2.05) is 37.3 Å². The second kappa shape index (κ2) is 5.32. The molecule has 0 aliphatic carbocycles. The Bertz CT molecular complexity index is 781. The number of nitrogen functional groups attached to an aromatic ring is 1. The first kappa shape index (κ1) is 13.2. The number of benzene rings is 1. The van der Waals surface area contributed by atoms with Crippen LogP contribution in [0.15, 0.2) is 36.7 Å². The van der Waals surface area contributed by atoms with Crippen molar-refractivity contribution < 1.29 is 4.74 Å². The van der Waals surface area contributed by atoms with E-state index >= 15 is 0 Å². The maximum Gasteiger partial charge on any atom is 0.157 e. The molecule has 6 nitrogen and oxygen atoms in total. The number of fused-ring (bicyclic) bond motifs is 1. The van der Waals surface area contributed by atoms with Gasteiger partial charge in [-0.05, 0) is 42.3 Å². The molecule has 0 bridgehead atoms. The van der Waals surface area contributed by atoms with Gasteiger partial charge in [0.05, 0.1) is 12.8 Å². The molecular formula is C15H17N5O. The Morgan fingerprint density at radius 1 is 1.29 bits per heavy atom. The third kappa shape index (κ3) is 2.60. The van der Waals surface area contributed by atoms with Gasteiger partial charge in [0, 0.05) is 6.54 Å². The molecule has 21 heavy (non-hydrogen) atoms. The summed E-state index contributed by atoms with van der Waals surface area (Å²) in [6.07, 6.45) is 1.55. The normalized spacial score (nSPS) is 10.8. The molecule has 2 heterocycles. The van der Waals surface area contributed by atoms with Crippen molar-refractivity contribution in [3.8, 4) is 5.75 Å². The van der Waals surface area contributed by atoms with Crippen LogP contribution < -0.4 is 15.8 Å². The minimum atomic E-state index is 0.631. The van der Waals surface area contributed by atoms with Crippen molar-refractivity contribution in [3.05, 3.63) is 47.8 Å². The summed E-state index contributed by atoms with van der Waals surface area (Å²) in [4.78, 5) is 4.21. The van der Waals surface area contributed by atoms with Crippen LogP contribution in [0, 0.1) is 6.92 Å². The lowest BCUT2D eigenvalue weighted by atomic mass is 10.2. The molecule has 0 aliphatic heterocycles. The lowest BCUT2D eigenvalue weighted by molar-refractivity contribution is 0.417. The molecule has 1 aromatic carbocycles. The van der Waals surface area contributed by atoms with E-state index in [4.69, 9.17) is 10.5 Å². The number of rotatable bonds is 4. The molecule has 0 aliphatic rings. The molecule has 0 saturated heterocycles. The molecule has 0 saturated carbocycles. The molecule has 0 amide bonds. The van der Waals surface area contributed by atoms with Crippen molar-refractivity contribution in [2.24, 2.45) is 0 Å². The number of ether oxygens (including phenoxy) is 1. The second-order valence-electron chi connectivity index (χ2n) is 4.88. The number of nitrogens with zero attached hydrogens (tertiary/aromatic N) is 3. The molecular weight excluding hydrogens is 266 g/mol. The van der Waals surface area contributed by atoms with E-state index in [1.54, 1.807) is 18.0 Å². The number of methoxy groups -OCH3 is 1. The van der Waals surface area contributed by atoms with Gasteiger partial charge in [0.15, 0.2) is 5.65 Å². The number of hydrogen-bond donors (Lipinski definition) is 2. The number of hydrogen-bond acceptors (Lipinski definition) is 5. The standard InChI is InChI=1S/C15H17N5O/c1-10-5-14(20-15(6-10)18-9-19-20)17-8-11-3-4-13(21-2)12(16)7-11/h3-7,9,17H,8,16H2,1-2H3. The summed E-state index contributed by atoms with van der Waals surface area (Å²) >= 11 is 0. The van der Waals surface area contributed by atoms with E-state index in [1.165, 1.54) is 0 Å². The zero-order chi connectivity index (χ0) is 14.8. The molecule has 0 radical (unpaired) electrons. The van der Waals surface area contributed by atoms with Crippen LogP contribution in [0.5, 0.6) is 5.75 Å². The van der Waals surface area contributed by atoms with Gasteiger partial charge in [-0.25, -0.2) is 4.98 Å². The van der Waals surface area contributed by atoms with Gasteiger partial charge in [-0.2, -0.15) is 9.61 Å². The van der Waals surface area contributed by atoms with Crippen molar-refractivity contribution in [1.29, 1.82) is 0 Å². The van der Waals surface area contributed by atoms with Gasteiger partial charge >= 0.3 is 0 Å². The second-order valence-corrected chi connectivity index (χ2v) is 4.88. The van der Waals surface area contributed by atoms with Gasteiger partial charge in [-0.1, -0.05) is 6.07 Å². The van der Waals surface area contributed by atoms with Gasteiger partial charge in [0.2, 0.25) is 0 Å². The monoisotopic (exact) mass is 283 g/mol. The van der Waals surface area contributed by atoms with Gasteiger partial charge in [0.1, 0.15) is 17.9 Å². The fourth-order valence-corrected chi connectivity index (χ4v) is 2.27. The largest absolute Gasteiger partial charge is 0.495 e. The highest BCUT2D eigenvalue weighted by atomic mass is 16.5. The van der Waals surface area contributed by atoms with E-state index in [9.17, 15) is 0 Å². The highest BCUT2D eigenvalue weighted by Gasteiger charge is 2.05. The van der Waals surface area contributed by atoms with Crippen LogP contribution in [-0.4, -0.2) is 21.7 Å². The third-order valence-corrected chi connectivity index (χ3v) is 3.29. The third-order valence-electron chi connectivity index (χ3n) is 3.29. The Balaban J connectivity index is 1.83. The molecule has 0 spiro atoms. The van der Waals surface area contributed by atoms with Crippen LogP contribution in [0.1, 0.15) is 11.1 Å². The quantitative estimate of drug-likeness (QED) is 0.718. The molecule has 0 fully saturated rings. The molecule has 2 aromatic heterocycles. The number of aryl methyl sites for hydroxylation is 1. The molecule has 6 heteroatoms. The van der Waals surface area contributed by atoms with E-state index in [2.05, 4.69) is 15.4 Å². The Kier molecular flexibility index (Phi) is 3.35. The maximum absolute atomic E-state index is 5.92. The summed E-state index contributed by atoms with van der Waals surface area (Å²) in [5.74, 6) is 1.59. The first-order valence-corrected chi connectivity index (χ1v) is 6.64. The number of nitrogens with two attached hydrogens (primary N) is 1. The van der Waals surface area contributed by atoms with Crippen LogP contribution in [0.25, 0.3) is 5.65 Å². The minimum absolute atomic E-state index is 0.631. The topological polar surface area (TPSA) is 77.5 Å². The van der Waals surface area contributed by atoms with Gasteiger partial charge in [-0.3, -0.25) is 0 Å². The van der Waals surface area contributed by atoms with Gasteiger partial charge in [-0.15, -0.1) is 0 Å². The van der Waals surface area contributed by atoms with Crippen LogP contribution in [0.2, 0.25) is 0 Å². The summed E-state index contributed by atoms with van der Waals surface area (Å²) in [6, 6.07) is 9.78. The van der Waals surface area contributed by atoms with Crippen LogP contribution >= 0.6 is 0 Å². The molecule has 0 atom stereocenters. The first-order chi connectivity index (χ1) is 10.2. The van der Waals surface area contributed by atoms with Crippen molar-refractivity contribution in [3.63, 3.8) is 0 Å². The van der Waals surface area contributed by atoms with E-state index in [0.29, 0.717) is 18.0 Å². The van der Waals surface area contributed by atoms with E-state index in [0.717, 1.165) is 22.6 Å². The summed E-state index contributed by atoms with van der Waals surface area (Å²) in [6.45, 7) is 2.68. The minimum Gasteiger partial charge on any atom is -0.495 e. The van der Waals surface area contributed by atoms with Crippen LogP contribution in [-0.2, 0) is 6.54 Å². The molecule has 3 N–H and O–H groups in total. The summed E-state index contributed by atoms with van der Waals surface area (Å²) < 4.78 is 6.94.